The number of carbonyl (C=O) groups is 3. The van der Waals surface area contributed by atoms with Crippen LogP contribution in [-0.4, -0.2) is 49.4 Å². The average molecular weight is 305 g/mol. The third-order valence-corrected chi connectivity index (χ3v) is 5.43. The Bertz CT molecular complexity index is 397. The fourth-order valence-electron chi connectivity index (χ4n) is 1.95. The highest BCUT2D eigenvalue weighted by Gasteiger charge is 2.47. The van der Waals surface area contributed by atoms with Crippen LogP contribution < -0.4 is 0 Å². The third-order valence-electron chi connectivity index (χ3n) is 2.97. The minimum atomic E-state index is -0.974. The van der Waals surface area contributed by atoms with E-state index < -0.39 is 16.9 Å². The lowest BCUT2D eigenvalue weighted by Crippen LogP contribution is -2.52. The van der Waals surface area contributed by atoms with Crippen molar-refractivity contribution in [3.63, 3.8) is 0 Å². The Morgan fingerprint density at radius 1 is 1.47 bits per heavy atom. The van der Waals surface area contributed by atoms with Gasteiger partial charge in [-0.2, -0.15) is 0 Å². The van der Waals surface area contributed by atoms with E-state index in [1.165, 1.54) is 23.6 Å². The molecule has 1 fully saturated rings. The molecule has 0 aromatic carbocycles. The van der Waals surface area contributed by atoms with Crippen LogP contribution in [0, 0.1) is 5.92 Å². The molecule has 0 spiro atoms. The van der Waals surface area contributed by atoms with Gasteiger partial charge in [-0.3, -0.25) is 9.59 Å². The van der Waals surface area contributed by atoms with E-state index in [0.717, 1.165) is 11.8 Å². The van der Waals surface area contributed by atoms with Crippen LogP contribution in [0.3, 0.4) is 0 Å². The minimum absolute atomic E-state index is 0.0375. The van der Waals surface area contributed by atoms with Crippen LogP contribution in [0.25, 0.3) is 0 Å². The zero-order valence-corrected chi connectivity index (χ0v) is 13.1. The molecule has 1 rings (SSSR count). The number of carboxylic acid groups (broad SMARTS) is 1. The maximum Gasteiger partial charge on any atom is 0.327 e. The van der Waals surface area contributed by atoms with Gasteiger partial charge in [0, 0.05) is 24.3 Å². The zero-order valence-electron chi connectivity index (χ0n) is 11.5. The van der Waals surface area contributed by atoms with Crippen molar-refractivity contribution in [3.8, 4) is 0 Å². The van der Waals surface area contributed by atoms with E-state index in [1.54, 1.807) is 6.92 Å². The quantitative estimate of drug-likeness (QED) is 0.851. The summed E-state index contributed by atoms with van der Waals surface area (Å²) in [5, 5.41) is 9.16. The Kier molecular flexibility index (Phi) is 5.32. The van der Waals surface area contributed by atoms with Gasteiger partial charge in [0.1, 0.15) is 6.04 Å². The van der Waals surface area contributed by atoms with Crippen LogP contribution >= 0.6 is 23.5 Å². The number of rotatable bonds is 4. The van der Waals surface area contributed by atoms with Gasteiger partial charge in [-0.25, -0.2) is 4.79 Å². The van der Waals surface area contributed by atoms with Crippen molar-refractivity contribution in [2.45, 2.75) is 38.6 Å². The van der Waals surface area contributed by atoms with Gasteiger partial charge in [-0.1, -0.05) is 18.7 Å². The van der Waals surface area contributed by atoms with Gasteiger partial charge >= 0.3 is 5.97 Å². The van der Waals surface area contributed by atoms with Crippen molar-refractivity contribution in [1.29, 1.82) is 0 Å². The van der Waals surface area contributed by atoms with Crippen molar-refractivity contribution in [2.24, 2.45) is 5.92 Å². The lowest BCUT2D eigenvalue weighted by molar-refractivity contribution is -0.152. The van der Waals surface area contributed by atoms with E-state index in [4.69, 9.17) is 0 Å². The molecule has 1 heterocycles. The van der Waals surface area contributed by atoms with Crippen LogP contribution in [0.2, 0.25) is 0 Å². The molecule has 1 aliphatic rings. The van der Waals surface area contributed by atoms with Crippen molar-refractivity contribution in [3.05, 3.63) is 0 Å². The van der Waals surface area contributed by atoms with Gasteiger partial charge in [0.15, 0.2) is 5.12 Å². The summed E-state index contributed by atoms with van der Waals surface area (Å²) in [4.78, 5) is 35.5. The van der Waals surface area contributed by atoms with E-state index in [1.807, 2.05) is 13.8 Å². The van der Waals surface area contributed by atoms with Crippen LogP contribution in [-0.2, 0) is 14.4 Å². The fourth-order valence-corrected chi connectivity index (χ4v) is 3.79. The number of amides is 1. The molecule has 108 valence electrons. The van der Waals surface area contributed by atoms with E-state index >= 15 is 0 Å². The molecule has 0 radical (unpaired) electrons. The molecule has 0 saturated carbocycles. The summed E-state index contributed by atoms with van der Waals surface area (Å²) in [5.74, 6) is -0.749. The molecule has 7 heteroatoms. The van der Waals surface area contributed by atoms with E-state index in [2.05, 4.69) is 0 Å². The maximum absolute atomic E-state index is 12.4. The maximum atomic E-state index is 12.4. The molecule has 0 aromatic heterocycles. The molecule has 0 aromatic rings. The Morgan fingerprint density at radius 2 is 2.05 bits per heavy atom. The molecule has 0 aliphatic carbocycles. The molecule has 0 bridgehead atoms. The lowest BCUT2D eigenvalue weighted by Gasteiger charge is -2.35. The van der Waals surface area contributed by atoms with Crippen molar-refractivity contribution >= 4 is 40.5 Å². The van der Waals surface area contributed by atoms with Crippen molar-refractivity contribution in [2.75, 3.05) is 11.5 Å². The Hall–Kier alpha value is -0.690. The second-order valence-corrected chi connectivity index (χ2v) is 7.84. The average Bonchev–Trinajstić information content (AvgIpc) is 2.60. The monoisotopic (exact) mass is 305 g/mol. The first-order valence-electron chi connectivity index (χ1n) is 6.00. The second-order valence-electron chi connectivity index (χ2n) is 5.02. The summed E-state index contributed by atoms with van der Waals surface area (Å²) < 4.78 is 0. The molecule has 1 N–H and O–H groups in total. The lowest BCUT2D eigenvalue weighted by atomic mass is 10.1. The van der Waals surface area contributed by atoms with Gasteiger partial charge in [0.2, 0.25) is 5.91 Å². The predicted octanol–water partition coefficient (Wildman–Crippen LogP) is 1.67. The number of hydrogen-bond donors (Lipinski definition) is 1. The Labute approximate surface area is 121 Å². The third kappa shape index (κ3) is 3.89. The van der Waals surface area contributed by atoms with Crippen molar-refractivity contribution in [1.82, 2.24) is 4.90 Å². The van der Waals surface area contributed by atoms with Gasteiger partial charge in [0.25, 0.3) is 0 Å². The molecule has 0 unspecified atom stereocenters. The predicted molar refractivity (Wildman–Crippen MR) is 77.1 cm³/mol. The highest BCUT2D eigenvalue weighted by molar-refractivity contribution is 8.13. The number of nitrogens with zero attached hydrogens (tertiary/aromatic N) is 1. The Morgan fingerprint density at radius 3 is 2.53 bits per heavy atom. The smallest absolute Gasteiger partial charge is 0.327 e. The van der Waals surface area contributed by atoms with Crippen LogP contribution in [0.5, 0.6) is 0 Å². The first kappa shape index (κ1) is 16.4. The van der Waals surface area contributed by atoms with Crippen LogP contribution in [0.1, 0.15) is 27.7 Å². The minimum Gasteiger partial charge on any atom is -0.480 e. The van der Waals surface area contributed by atoms with Gasteiger partial charge < -0.3 is 10.0 Å². The number of carboxylic acids is 1. The van der Waals surface area contributed by atoms with Gasteiger partial charge in [-0.05, 0) is 13.8 Å². The molecule has 19 heavy (non-hydrogen) atoms. The summed E-state index contributed by atoms with van der Waals surface area (Å²) in [6.07, 6.45) is 0. The first-order valence-corrected chi connectivity index (χ1v) is 7.97. The summed E-state index contributed by atoms with van der Waals surface area (Å²) in [6.45, 7) is 6.89. The number of thioether (sulfide) groups is 2. The van der Waals surface area contributed by atoms with Crippen LogP contribution in [0.15, 0.2) is 0 Å². The number of carbonyl (C=O) groups excluding carboxylic acids is 2. The van der Waals surface area contributed by atoms with Gasteiger partial charge in [-0.15, -0.1) is 11.8 Å². The molecular formula is C12H19NO4S2. The number of aliphatic carboxylic acids is 1. The molecule has 5 nitrogen and oxygen atoms in total. The largest absolute Gasteiger partial charge is 0.480 e. The second kappa shape index (κ2) is 6.17. The summed E-state index contributed by atoms with van der Waals surface area (Å²) in [6, 6.07) is -0.780. The number of hydrogen-bond acceptors (Lipinski definition) is 5. The van der Waals surface area contributed by atoms with E-state index in [9.17, 15) is 19.5 Å². The Balaban J connectivity index is 2.81. The highest BCUT2D eigenvalue weighted by atomic mass is 32.2. The molecule has 1 amide bonds. The normalized spacial score (nSPS) is 23.2. The highest BCUT2D eigenvalue weighted by Crippen LogP contribution is 2.40. The SMILES string of the molecule is CC(=O)SC[C@@H](C)C(=O)N1[C@H](C(=O)O)CSC1(C)C. The fraction of sp³-hybridized carbons (Fsp3) is 0.750. The molecule has 1 aliphatic heterocycles. The van der Waals surface area contributed by atoms with Crippen LogP contribution in [0.4, 0.5) is 0 Å². The topological polar surface area (TPSA) is 74.7 Å². The first-order chi connectivity index (χ1) is 8.66. The summed E-state index contributed by atoms with van der Waals surface area (Å²) in [7, 11) is 0. The van der Waals surface area contributed by atoms with E-state index in [0.29, 0.717) is 11.5 Å². The summed E-state index contributed by atoms with van der Waals surface area (Å²) >= 11 is 2.56. The van der Waals surface area contributed by atoms with E-state index in [-0.39, 0.29) is 16.9 Å². The zero-order chi connectivity index (χ0) is 14.8. The molecule has 1 saturated heterocycles. The van der Waals surface area contributed by atoms with Gasteiger partial charge in [0.05, 0.1) is 4.87 Å². The molecule has 2 atom stereocenters. The standard InChI is InChI=1S/C12H19NO4S2/c1-7(5-18-8(2)14)10(15)13-9(11(16)17)6-19-12(13,3)4/h7,9H,5-6H2,1-4H3,(H,16,17)/t7-,9+/m1/s1. The van der Waals surface area contributed by atoms with Crippen molar-refractivity contribution < 1.29 is 19.5 Å². The summed E-state index contributed by atoms with van der Waals surface area (Å²) in [5.41, 5.74) is 0. The molecular weight excluding hydrogens is 286 g/mol.